The van der Waals surface area contributed by atoms with E-state index in [1.165, 1.54) is 6.21 Å². The van der Waals surface area contributed by atoms with E-state index in [-0.39, 0.29) is 25.0 Å². The van der Waals surface area contributed by atoms with E-state index in [2.05, 4.69) is 10.3 Å². The summed E-state index contributed by atoms with van der Waals surface area (Å²) in [6.07, 6.45) is 2.19. The van der Waals surface area contributed by atoms with Crippen molar-refractivity contribution in [1.29, 1.82) is 0 Å². The molecular weight excluding hydrogens is 186 g/mol. The van der Waals surface area contributed by atoms with Crippen molar-refractivity contribution in [2.45, 2.75) is 24.9 Å². The minimum absolute atomic E-state index is 0.209. The molecule has 1 rings (SSSR count). The molecule has 0 aromatic rings. The van der Waals surface area contributed by atoms with E-state index >= 15 is 0 Å². The fourth-order valence-corrected chi connectivity index (χ4v) is 1.17. The molecule has 0 aliphatic carbocycles. The molecule has 1 heterocycles. The molecule has 0 bridgehead atoms. The molecule has 1 aliphatic heterocycles. The van der Waals surface area contributed by atoms with Crippen molar-refractivity contribution in [2.24, 2.45) is 10.7 Å². The van der Waals surface area contributed by atoms with Crippen LogP contribution in [0.2, 0.25) is 0 Å². The molecule has 0 aromatic heterocycles. The van der Waals surface area contributed by atoms with Gasteiger partial charge in [-0.3, -0.25) is 14.6 Å². The standard InChI is InChI=1S/C8H13N3O3/c9-7(13)2-1-5-3-10-6(4-12)8(14)11-5/h3,5-6,12H,1-2,4H2,(H2,9,13)(H,11,14)/t5-,6-/m0/s1. The highest BCUT2D eigenvalue weighted by molar-refractivity contribution is 5.90. The smallest absolute Gasteiger partial charge is 0.247 e. The van der Waals surface area contributed by atoms with E-state index in [4.69, 9.17) is 10.8 Å². The van der Waals surface area contributed by atoms with Crippen molar-refractivity contribution in [2.75, 3.05) is 6.61 Å². The van der Waals surface area contributed by atoms with Gasteiger partial charge in [0.15, 0.2) is 6.04 Å². The van der Waals surface area contributed by atoms with Crippen molar-refractivity contribution in [3.05, 3.63) is 0 Å². The van der Waals surface area contributed by atoms with Gasteiger partial charge in [0.05, 0.1) is 12.6 Å². The molecule has 0 aromatic carbocycles. The zero-order chi connectivity index (χ0) is 10.6. The van der Waals surface area contributed by atoms with Crippen LogP contribution >= 0.6 is 0 Å². The Morgan fingerprint density at radius 3 is 2.93 bits per heavy atom. The summed E-state index contributed by atoms with van der Waals surface area (Å²) in [5.74, 6) is -0.721. The van der Waals surface area contributed by atoms with E-state index in [1.54, 1.807) is 0 Å². The van der Waals surface area contributed by atoms with Crippen LogP contribution in [0.5, 0.6) is 0 Å². The second-order valence-corrected chi connectivity index (χ2v) is 3.12. The van der Waals surface area contributed by atoms with Crippen molar-refractivity contribution in [3.8, 4) is 0 Å². The first-order chi connectivity index (χ1) is 6.63. The highest BCUT2D eigenvalue weighted by atomic mass is 16.3. The minimum atomic E-state index is -0.708. The van der Waals surface area contributed by atoms with Crippen LogP contribution in [0, 0.1) is 0 Å². The summed E-state index contributed by atoms with van der Waals surface area (Å²) in [6.45, 7) is -0.301. The lowest BCUT2D eigenvalue weighted by molar-refractivity contribution is -0.124. The van der Waals surface area contributed by atoms with Gasteiger partial charge in [-0.05, 0) is 6.42 Å². The van der Waals surface area contributed by atoms with Gasteiger partial charge in [-0.15, -0.1) is 0 Å². The number of nitrogens with two attached hydrogens (primary N) is 1. The normalized spacial score (nSPS) is 25.9. The second kappa shape index (κ2) is 4.71. The van der Waals surface area contributed by atoms with Gasteiger partial charge in [0, 0.05) is 12.6 Å². The van der Waals surface area contributed by atoms with Gasteiger partial charge >= 0.3 is 0 Å². The molecule has 1 aliphatic rings. The summed E-state index contributed by atoms with van der Waals surface area (Å²) in [4.78, 5) is 25.5. The van der Waals surface area contributed by atoms with Crippen molar-refractivity contribution < 1.29 is 14.7 Å². The maximum Gasteiger partial charge on any atom is 0.247 e. The Kier molecular flexibility index (Phi) is 3.58. The summed E-state index contributed by atoms with van der Waals surface area (Å²) in [5.41, 5.74) is 4.96. The van der Waals surface area contributed by atoms with Crippen LogP contribution < -0.4 is 11.1 Å². The topological polar surface area (TPSA) is 105 Å². The van der Waals surface area contributed by atoms with E-state index < -0.39 is 11.9 Å². The van der Waals surface area contributed by atoms with Crippen LogP contribution in [-0.2, 0) is 9.59 Å². The Balaban J connectivity index is 2.44. The third kappa shape index (κ3) is 2.81. The first kappa shape index (κ1) is 10.6. The first-order valence-electron chi connectivity index (χ1n) is 4.36. The van der Waals surface area contributed by atoms with E-state index in [9.17, 15) is 9.59 Å². The summed E-state index contributed by atoms with van der Waals surface area (Å²) >= 11 is 0. The van der Waals surface area contributed by atoms with E-state index in [0.29, 0.717) is 6.42 Å². The molecule has 0 unspecified atom stereocenters. The molecule has 0 saturated heterocycles. The van der Waals surface area contributed by atoms with Crippen LogP contribution in [0.15, 0.2) is 4.99 Å². The second-order valence-electron chi connectivity index (χ2n) is 3.12. The third-order valence-corrected chi connectivity index (χ3v) is 1.95. The molecule has 0 fully saturated rings. The average Bonchev–Trinajstić information content (AvgIpc) is 2.15. The molecule has 2 amide bonds. The molecule has 6 heteroatoms. The lowest BCUT2D eigenvalue weighted by Crippen LogP contribution is -2.47. The summed E-state index contributed by atoms with van der Waals surface area (Å²) in [7, 11) is 0. The van der Waals surface area contributed by atoms with Crippen molar-refractivity contribution >= 4 is 18.0 Å². The number of rotatable bonds is 4. The number of hydrogen-bond acceptors (Lipinski definition) is 4. The molecule has 0 spiro atoms. The molecule has 2 atom stereocenters. The highest BCUT2D eigenvalue weighted by Gasteiger charge is 2.23. The zero-order valence-electron chi connectivity index (χ0n) is 7.64. The number of primary amides is 1. The lowest BCUT2D eigenvalue weighted by atomic mass is 10.1. The molecule has 14 heavy (non-hydrogen) atoms. The Morgan fingerprint density at radius 1 is 1.71 bits per heavy atom. The lowest BCUT2D eigenvalue weighted by Gasteiger charge is -2.21. The highest BCUT2D eigenvalue weighted by Crippen LogP contribution is 2.02. The number of hydrogen-bond donors (Lipinski definition) is 3. The summed E-state index contributed by atoms with van der Waals surface area (Å²) < 4.78 is 0. The van der Waals surface area contributed by atoms with Crippen LogP contribution in [0.1, 0.15) is 12.8 Å². The fraction of sp³-hybridized carbons (Fsp3) is 0.625. The number of amides is 2. The maximum atomic E-state index is 11.2. The Bertz CT molecular complexity index is 265. The van der Waals surface area contributed by atoms with Gasteiger partial charge in [-0.1, -0.05) is 0 Å². The Hall–Kier alpha value is -1.43. The molecular formula is C8H13N3O3. The fourth-order valence-electron chi connectivity index (χ4n) is 1.17. The Labute approximate surface area is 81.2 Å². The molecule has 0 radical (unpaired) electrons. The zero-order valence-corrected chi connectivity index (χ0v) is 7.64. The molecule has 4 N–H and O–H groups in total. The molecule has 0 saturated carbocycles. The third-order valence-electron chi connectivity index (χ3n) is 1.95. The van der Waals surface area contributed by atoms with Crippen LogP contribution in [0.4, 0.5) is 0 Å². The quantitative estimate of drug-likeness (QED) is 0.496. The Morgan fingerprint density at radius 2 is 2.43 bits per heavy atom. The van der Waals surface area contributed by atoms with Gasteiger partial charge in [0.1, 0.15) is 0 Å². The number of nitrogens with zero attached hydrogens (tertiary/aromatic N) is 1. The SMILES string of the molecule is NC(=O)CC[C@H]1C=N[C@@H](CO)C(=O)N1. The summed E-state index contributed by atoms with van der Waals surface area (Å²) in [6, 6.07) is -0.961. The predicted octanol–water partition coefficient (Wildman–Crippen LogP) is -1.82. The number of nitrogens with one attached hydrogen (secondary N) is 1. The van der Waals surface area contributed by atoms with Gasteiger partial charge in [0.25, 0.3) is 0 Å². The van der Waals surface area contributed by atoms with Crippen LogP contribution in [0.25, 0.3) is 0 Å². The van der Waals surface area contributed by atoms with E-state index in [1.807, 2.05) is 0 Å². The first-order valence-corrected chi connectivity index (χ1v) is 4.36. The average molecular weight is 199 g/mol. The number of aliphatic imine (C=N–C) groups is 1. The van der Waals surface area contributed by atoms with Crippen molar-refractivity contribution in [3.63, 3.8) is 0 Å². The van der Waals surface area contributed by atoms with Crippen LogP contribution in [0.3, 0.4) is 0 Å². The molecule has 78 valence electrons. The van der Waals surface area contributed by atoms with E-state index in [0.717, 1.165) is 0 Å². The largest absolute Gasteiger partial charge is 0.394 e. The molecule has 6 nitrogen and oxygen atoms in total. The maximum absolute atomic E-state index is 11.2. The number of aliphatic hydroxyl groups is 1. The summed E-state index contributed by atoms with van der Waals surface area (Å²) in [5, 5.41) is 11.3. The van der Waals surface area contributed by atoms with Crippen LogP contribution in [-0.4, -0.2) is 41.8 Å². The van der Waals surface area contributed by atoms with Crippen molar-refractivity contribution in [1.82, 2.24) is 5.32 Å². The van der Waals surface area contributed by atoms with Gasteiger partial charge in [-0.2, -0.15) is 0 Å². The number of carbonyl (C=O) groups excluding carboxylic acids is 2. The van der Waals surface area contributed by atoms with Gasteiger partial charge < -0.3 is 16.2 Å². The number of carbonyl (C=O) groups is 2. The van der Waals surface area contributed by atoms with Gasteiger partial charge in [0.2, 0.25) is 11.8 Å². The minimum Gasteiger partial charge on any atom is -0.394 e. The number of aliphatic hydroxyl groups excluding tert-OH is 1. The predicted molar refractivity (Wildman–Crippen MR) is 49.7 cm³/mol. The van der Waals surface area contributed by atoms with Gasteiger partial charge in [-0.25, -0.2) is 0 Å². The monoisotopic (exact) mass is 199 g/mol.